The maximum Gasteiger partial charge on any atom is 0.403 e. The lowest BCUT2D eigenvalue weighted by Crippen LogP contribution is -2.42. The summed E-state index contributed by atoms with van der Waals surface area (Å²) in [5, 5.41) is 2.67. The first-order valence-electron chi connectivity index (χ1n) is 4.83. The predicted octanol–water partition coefficient (Wildman–Crippen LogP) is 2.33. The minimum absolute atomic E-state index is 0.158. The van der Waals surface area contributed by atoms with E-state index in [4.69, 9.17) is 0 Å². The van der Waals surface area contributed by atoms with Crippen LogP contribution in [0, 0.1) is 11.8 Å². The summed E-state index contributed by atoms with van der Waals surface area (Å²) < 4.78 is 36.5. The fourth-order valence-electron chi connectivity index (χ4n) is 2.45. The van der Waals surface area contributed by atoms with E-state index in [0.717, 1.165) is 12.8 Å². The second-order valence-corrected chi connectivity index (χ2v) is 4.21. The van der Waals surface area contributed by atoms with Gasteiger partial charge in [-0.15, -0.1) is 0 Å². The molecule has 2 aliphatic carbocycles. The molecule has 0 aliphatic heterocycles. The smallest absolute Gasteiger partial charge is 0.303 e. The summed E-state index contributed by atoms with van der Waals surface area (Å²) >= 11 is 0. The number of hydrogen-bond donors (Lipinski definition) is 1. The van der Waals surface area contributed by atoms with Gasteiger partial charge in [-0.3, -0.25) is 0 Å². The van der Waals surface area contributed by atoms with Crippen LogP contribution in [0.1, 0.15) is 26.2 Å². The molecule has 2 rings (SSSR count). The average molecular weight is 193 g/mol. The summed E-state index contributed by atoms with van der Waals surface area (Å²) in [5.74, 6) is 1.09. The summed E-state index contributed by atoms with van der Waals surface area (Å²) in [7, 11) is 0. The monoisotopic (exact) mass is 193 g/mol. The normalized spacial score (nSPS) is 40.2. The van der Waals surface area contributed by atoms with Crippen molar-refractivity contribution < 1.29 is 13.2 Å². The third-order valence-corrected chi connectivity index (χ3v) is 3.34. The lowest BCUT2D eigenvalue weighted by molar-refractivity contribution is -0.152. The molecule has 0 aromatic carbocycles. The van der Waals surface area contributed by atoms with Gasteiger partial charge in [0, 0.05) is 6.04 Å². The van der Waals surface area contributed by atoms with Crippen molar-refractivity contribution in [2.45, 2.75) is 44.4 Å². The van der Waals surface area contributed by atoms with Crippen molar-refractivity contribution in [1.82, 2.24) is 5.32 Å². The summed E-state index contributed by atoms with van der Waals surface area (Å²) in [6.07, 6.45) is -0.648. The molecular weight excluding hydrogens is 179 g/mol. The van der Waals surface area contributed by atoms with Gasteiger partial charge >= 0.3 is 6.18 Å². The van der Waals surface area contributed by atoms with Crippen molar-refractivity contribution in [2.75, 3.05) is 0 Å². The molecule has 0 aromatic heterocycles. The predicted molar refractivity (Wildman–Crippen MR) is 43.3 cm³/mol. The summed E-state index contributed by atoms with van der Waals surface area (Å²) in [6.45, 7) is 1.20. The molecule has 3 atom stereocenters. The van der Waals surface area contributed by atoms with Gasteiger partial charge in [0.05, 0.1) is 0 Å². The van der Waals surface area contributed by atoms with Gasteiger partial charge in [0.25, 0.3) is 0 Å². The molecule has 76 valence electrons. The van der Waals surface area contributed by atoms with E-state index >= 15 is 0 Å². The molecule has 0 aromatic rings. The Morgan fingerprint density at radius 3 is 2.23 bits per heavy atom. The van der Waals surface area contributed by atoms with Crippen molar-refractivity contribution in [3.8, 4) is 0 Å². The van der Waals surface area contributed by atoms with Gasteiger partial charge < -0.3 is 5.32 Å². The van der Waals surface area contributed by atoms with Crippen LogP contribution in [0.5, 0.6) is 0 Å². The molecule has 2 fully saturated rings. The fourth-order valence-corrected chi connectivity index (χ4v) is 2.45. The van der Waals surface area contributed by atoms with Crippen LogP contribution in [0.25, 0.3) is 0 Å². The Morgan fingerprint density at radius 2 is 1.77 bits per heavy atom. The van der Waals surface area contributed by atoms with Gasteiger partial charge in [-0.1, -0.05) is 6.42 Å². The van der Waals surface area contributed by atoms with Gasteiger partial charge in [0.15, 0.2) is 0 Å². The summed E-state index contributed by atoms with van der Waals surface area (Å²) in [5.41, 5.74) is 0. The molecule has 4 heteroatoms. The number of nitrogens with one attached hydrogen (secondary N) is 1. The molecule has 2 aliphatic rings. The first kappa shape index (κ1) is 9.31. The number of hydrogen-bond acceptors (Lipinski definition) is 1. The Hall–Kier alpha value is -0.250. The van der Waals surface area contributed by atoms with E-state index in [9.17, 15) is 13.2 Å². The van der Waals surface area contributed by atoms with E-state index in [2.05, 4.69) is 5.32 Å². The summed E-state index contributed by atoms with van der Waals surface area (Å²) in [6, 6.07) is -1.19. The number of rotatable bonds is 2. The van der Waals surface area contributed by atoms with Crippen LogP contribution in [0.4, 0.5) is 13.2 Å². The zero-order valence-electron chi connectivity index (χ0n) is 7.56. The molecule has 13 heavy (non-hydrogen) atoms. The summed E-state index contributed by atoms with van der Waals surface area (Å²) in [4.78, 5) is 0. The van der Waals surface area contributed by atoms with E-state index in [1.165, 1.54) is 13.3 Å². The zero-order valence-corrected chi connectivity index (χ0v) is 7.56. The Balaban J connectivity index is 1.80. The maximum atomic E-state index is 12.2. The molecule has 0 radical (unpaired) electrons. The first-order chi connectivity index (χ1) is 6.00. The Bertz CT molecular complexity index is 192. The largest absolute Gasteiger partial charge is 0.403 e. The van der Waals surface area contributed by atoms with Crippen molar-refractivity contribution in [2.24, 2.45) is 11.8 Å². The first-order valence-corrected chi connectivity index (χ1v) is 4.83. The quantitative estimate of drug-likeness (QED) is 0.709. The molecule has 0 saturated heterocycles. The average Bonchev–Trinajstić information content (AvgIpc) is 2.47. The molecule has 1 nitrogen and oxygen atoms in total. The lowest BCUT2D eigenvalue weighted by Gasteiger charge is -2.18. The number of alkyl halides is 3. The highest BCUT2D eigenvalue weighted by atomic mass is 19.4. The molecule has 2 saturated carbocycles. The molecule has 0 spiro atoms. The van der Waals surface area contributed by atoms with Crippen LogP contribution in [-0.2, 0) is 0 Å². The lowest BCUT2D eigenvalue weighted by atomic mass is 10.2. The van der Waals surface area contributed by atoms with Crippen LogP contribution < -0.4 is 5.32 Å². The van der Waals surface area contributed by atoms with Gasteiger partial charge in [-0.05, 0) is 31.6 Å². The Kier molecular flexibility index (Phi) is 2.06. The molecular formula is C9H14F3N. The van der Waals surface area contributed by atoms with Crippen molar-refractivity contribution in [3.05, 3.63) is 0 Å². The van der Waals surface area contributed by atoms with E-state index in [0.29, 0.717) is 11.8 Å². The minimum Gasteiger partial charge on any atom is -0.303 e. The van der Waals surface area contributed by atoms with E-state index in [1.54, 1.807) is 0 Å². The van der Waals surface area contributed by atoms with E-state index in [1.807, 2.05) is 0 Å². The molecule has 1 N–H and O–H groups in total. The second kappa shape index (κ2) is 2.87. The highest BCUT2D eigenvalue weighted by Crippen LogP contribution is 2.52. The van der Waals surface area contributed by atoms with Gasteiger partial charge in [-0.2, -0.15) is 13.2 Å². The van der Waals surface area contributed by atoms with E-state index in [-0.39, 0.29) is 6.04 Å². The zero-order chi connectivity index (χ0) is 9.64. The third kappa shape index (κ3) is 1.68. The van der Waals surface area contributed by atoms with Crippen LogP contribution in [-0.4, -0.2) is 18.3 Å². The van der Waals surface area contributed by atoms with Gasteiger partial charge in [0.2, 0.25) is 0 Å². The highest BCUT2D eigenvalue weighted by molar-refractivity contribution is 5.07. The molecule has 0 amide bonds. The Labute approximate surface area is 75.7 Å². The Morgan fingerprint density at radius 1 is 1.23 bits per heavy atom. The van der Waals surface area contributed by atoms with Crippen LogP contribution >= 0.6 is 0 Å². The van der Waals surface area contributed by atoms with Gasteiger partial charge in [0.1, 0.15) is 6.04 Å². The maximum absolute atomic E-state index is 12.2. The molecule has 0 heterocycles. The van der Waals surface area contributed by atoms with Crippen LogP contribution in [0.15, 0.2) is 0 Å². The van der Waals surface area contributed by atoms with Crippen molar-refractivity contribution in [3.63, 3.8) is 0 Å². The van der Waals surface area contributed by atoms with Crippen molar-refractivity contribution in [1.29, 1.82) is 0 Å². The van der Waals surface area contributed by atoms with E-state index < -0.39 is 12.2 Å². The SMILES string of the molecule is CC(NC1C2CCCC21)C(F)(F)F. The number of halogens is 3. The van der Waals surface area contributed by atoms with Gasteiger partial charge in [-0.25, -0.2) is 0 Å². The standard InChI is InChI=1S/C9H14F3N/c1-5(9(10,11)12)13-8-6-3-2-4-7(6)8/h5-8,13H,2-4H2,1H3. The molecule has 0 bridgehead atoms. The topological polar surface area (TPSA) is 12.0 Å². The second-order valence-electron chi connectivity index (χ2n) is 4.21. The fraction of sp³-hybridized carbons (Fsp3) is 1.00. The van der Waals surface area contributed by atoms with Crippen LogP contribution in [0.3, 0.4) is 0 Å². The molecule has 3 unspecified atom stereocenters. The van der Waals surface area contributed by atoms with Crippen LogP contribution in [0.2, 0.25) is 0 Å². The van der Waals surface area contributed by atoms with Crippen molar-refractivity contribution >= 4 is 0 Å². The third-order valence-electron chi connectivity index (χ3n) is 3.34. The minimum atomic E-state index is -4.09. The highest BCUT2D eigenvalue weighted by Gasteiger charge is 2.54. The number of fused-ring (bicyclic) bond motifs is 1.